The molecule has 0 N–H and O–H groups in total. The van der Waals surface area contributed by atoms with Gasteiger partial charge < -0.3 is 9.47 Å². The van der Waals surface area contributed by atoms with Gasteiger partial charge in [-0.15, -0.1) is 22.9 Å². The predicted octanol–water partition coefficient (Wildman–Crippen LogP) is 8.03. The van der Waals surface area contributed by atoms with Gasteiger partial charge in [0.15, 0.2) is 11.5 Å². The SMILES string of the molecule is C=C/C=C\C(=C)C.CC.CCl.COc1cc(-n2cnc3ccsc3c2=O)ccc1OCC1(C2CC2=O)CC(F)(F)C1. The van der Waals surface area contributed by atoms with Gasteiger partial charge in [0.2, 0.25) is 5.92 Å². The second-order valence-electron chi connectivity index (χ2n) is 9.41. The quantitative estimate of drug-likeness (QED) is 0.192. The van der Waals surface area contributed by atoms with E-state index in [1.807, 2.05) is 38.3 Å². The monoisotopic (exact) mass is 606 g/mol. The number of hydrogen-bond acceptors (Lipinski definition) is 6. The van der Waals surface area contributed by atoms with E-state index in [0.717, 1.165) is 5.57 Å². The Kier molecular flexibility index (Phi) is 12.5. The zero-order valence-corrected chi connectivity index (χ0v) is 25.7. The number of rotatable bonds is 8. The Morgan fingerprint density at radius 2 is 1.88 bits per heavy atom. The van der Waals surface area contributed by atoms with Crippen LogP contribution in [0.15, 0.2) is 77.7 Å². The first-order valence-electron chi connectivity index (χ1n) is 13.1. The van der Waals surface area contributed by atoms with Crippen LogP contribution in [0, 0.1) is 11.3 Å². The minimum atomic E-state index is -2.74. The Balaban J connectivity index is 0.000000465. The molecule has 2 aliphatic rings. The fraction of sp³-hybridized carbons (Fsp3) is 0.387. The van der Waals surface area contributed by atoms with Crippen LogP contribution in [0.1, 0.15) is 40.0 Å². The maximum atomic E-state index is 13.6. The van der Waals surface area contributed by atoms with E-state index in [4.69, 9.17) is 9.47 Å². The van der Waals surface area contributed by atoms with Crippen LogP contribution < -0.4 is 15.0 Å². The maximum absolute atomic E-state index is 13.6. The number of benzene rings is 1. The number of carbonyl (C=O) groups is 1. The zero-order valence-electron chi connectivity index (χ0n) is 24.1. The second kappa shape index (κ2) is 15.1. The summed E-state index contributed by atoms with van der Waals surface area (Å²) in [5.74, 6) is -2.32. The first kappa shape index (κ1) is 33.9. The van der Waals surface area contributed by atoms with E-state index in [2.05, 4.69) is 29.7 Å². The molecule has 2 aromatic heterocycles. The molecular weight excluding hydrogens is 570 g/mol. The van der Waals surface area contributed by atoms with E-state index >= 15 is 0 Å². The molecule has 2 aliphatic carbocycles. The summed E-state index contributed by atoms with van der Waals surface area (Å²) in [5, 5.41) is 1.81. The highest BCUT2D eigenvalue weighted by Crippen LogP contribution is 2.61. The molecule has 6 nitrogen and oxygen atoms in total. The fourth-order valence-corrected chi connectivity index (χ4v) is 5.31. The molecule has 0 saturated heterocycles. The number of allylic oxidation sites excluding steroid dienone is 4. The van der Waals surface area contributed by atoms with Gasteiger partial charge in [-0.05, 0) is 30.5 Å². The number of methoxy groups -OCH3 is 1. The molecule has 2 fully saturated rings. The van der Waals surface area contributed by atoms with E-state index in [1.165, 1.54) is 35.7 Å². The summed E-state index contributed by atoms with van der Waals surface area (Å²) in [7, 11) is 1.47. The predicted molar refractivity (Wildman–Crippen MR) is 164 cm³/mol. The molecule has 0 aliphatic heterocycles. The lowest BCUT2D eigenvalue weighted by molar-refractivity contribution is -0.182. The first-order chi connectivity index (χ1) is 19.6. The van der Waals surface area contributed by atoms with Gasteiger partial charge in [0.1, 0.15) is 16.8 Å². The minimum absolute atomic E-state index is 0.0206. The van der Waals surface area contributed by atoms with Crippen molar-refractivity contribution in [2.75, 3.05) is 20.1 Å². The van der Waals surface area contributed by atoms with Gasteiger partial charge in [0, 0.05) is 43.0 Å². The van der Waals surface area contributed by atoms with Crippen LogP contribution in [0.5, 0.6) is 11.5 Å². The van der Waals surface area contributed by atoms with Crippen LogP contribution in [0.3, 0.4) is 0 Å². The van der Waals surface area contributed by atoms with E-state index in [-0.39, 0.29) is 36.7 Å². The summed E-state index contributed by atoms with van der Waals surface area (Å²) in [6.07, 6.45) is 8.11. The van der Waals surface area contributed by atoms with Crippen LogP contribution in [-0.2, 0) is 4.79 Å². The molecule has 3 aromatic rings. The average Bonchev–Trinajstić information content (AvgIpc) is 3.49. The normalized spacial score (nSPS) is 17.5. The summed E-state index contributed by atoms with van der Waals surface area (Å²) in [6.45, 7) is 13.1. The fourth-order valence-electron chi connectivity index (χ4n) is 4.54. The Morgan fingerprint density at radius 3 is 2.39 bits per heavy atom. The number of Topliss-reactive ketones (excluding diaryl/α,β-unsaturated/α-hetero) is 1. The Bertz CT molecular complexity index is 1440. The van der Waals surface area contributed by atoms with Crippen molar-refractivity contribution in [3.8, 4) is 17.2 Å². The molecular formula is C31H37ClF2N2O4S. The van der Waals surface area contributed by atoms with E-state index in [9.17, 15) is 18.4 Å². The minimum Gasteiger partial charge on any atom is -0.493 e. The molecule has 0 radical (unpaired) electrons. The van der Waals surface area contributed by atoms with Crippen molar-refractivity contribution < 1.29 is 23.0 Å². The molecule has 222 valence electrons. The number of halogens is 3. The lowest BCUT2D eigenvalue weighted by Gasteiger charge is -2.46. The number of ether oxygens (including phenoxy) is 2. The summed E-state index contributed by atoms with van der Waals surface area (Å²) in [5.41, 5.74) is 1.25. The van der Waals surface area contributed by atoms with Crippen LogP contribution >= 0.6 is 22.9 Å². The first-order valence-corrected chi connectivity index (χ1v) is 14.7. The Labute approximate surface area is 249 Å². The summed E-state index contributed by atoms with van der Waals surface area (Å²) >= 11 is 5.96. The number of ketones is 1. The Hall–Kier alpha value is -3.30. The largest absolute Gasteiger partial charge is 0.493 e. The molecule has 0 spiro atoms. The third-order valence-corrected chi connectivity index (χ3v) is 7.31. The molecule has 2 heterocycles. The third kappa shape index (κ3) is 8.36. The van der Waals surface area contributed by atoms with E-state index < -0.39 is 11.3 Å². The van der Waals surface area contributed by atoms with Gasteiger partial charge in [-0.2, -0.15) is 0 Å². The molecule has 1 atom stereocenters. The summed E-state index contributed by atoms with van der Waals surface area (Å²) in [6, 6.07) is 6.75. The van der Waals surface area contributed by atoms with Crippen molar-refractivity contribution in [3.05, 3.63) is 83.3 Å². The second-order valence-corrected chi connectivity index (χ2v) is 10.3. The molecule has 1 aromatic carbocycles. The van der Waals surface area contributed by atoms with Gasteiger partial charge >= 0.3 is 0 Å². The zero-order chi connectivity index (χ0) is 30.8. The van der Waals surface area contributed by atoms with E-state index in [1.54, 1.807) is 30.3 Å². The van der Waals surface area contributed by atoms with Crippen molar-refractivity contribution in [1.82, 2.24) is 9.55 Å². The molecule has 5 rings (SSSR count). The lowest BCUT2D eigenvalue weighted by atomic mass is 9.63. The topological polar surface area (TPSA) is 70.4 Å². The molecule has 2 saturated carbocycles. The van der Waals surface area contributed by atoms with Gasteiger partial charge in [0.25, 0.3) is 5.56 Å². The number of nitrogens with zero attached hydrogens (tertiary/aromatic N) is 2. The van der Waals surface area contributed by atoms with Gasteiger partial charge in [0.05, 0.1) is 24.9 Å². The number of alkyl halides is 3. The van der Waals surface area contributed by atoms with Crippen molar-refractivity contribution in [1.29, 1.82) is 0 Å². The lowest BCUT2D eigenvalue weighted by Crippen LogP contribution is -2.51. The number of aromatic nitrogens is 2. The number of thiophene rings is 1. The molecule has 0 bridgehead atoms. The smallest absolute Gasteiger partial charge is 0.275 e. The molecule has 10 heteroatoms. The summed E-state index contributed by atoms with van der Waals surface area (Å²) < 4.78 is 40.3. The Morgan fingerprint density at radius 1 is 1.22 bits per heavy atom. The number of hydrogen-bond donors (Lipinski definition) is 0. The molecule has 1 unspecified atom stereocenters. The van der Waals surface area contributed by atoms with Gasteiger partial charge in [-0.25, -0.2) is 13.8 Å². The summed E-state index contributed by atoms with van der Waals surface area (Å²) in [4.78, 5) is 28.6. The van der Waals surface area contributed by atoms with Crippen molar-refractivity contribution in [3.63, 3.8) is 0 Å². The van der Waals surface area contributed by atoms with Crippen molar-refractivity contribution in [2.45, 2.75) is 46.0 Å². The van der Waals surface area contributed by atoms with Crippen LogP contribution in [0.4, 0.5) is 8.78 Å². The molecule has 41 heavy (non-hydrogen) atoms. The molecule has 0 amide bonds. The number of carbonyl (C=O) groups excluding carboxylic acids is 1. The highest BCUT2D eigenvalue weighted by molar-refractivity contribution is 7.17. The average molecular weight is 607 g/mol. The van der Waals surface area contributed by atoms with Crippen LogP contribution in [-0.4, -0.2) is 41.4 Å². The highest BCUT2D eigenvalue weighted by atomic mass is 35.5. The van der Waals surface area contributed by atoms with Crippen molar-refractivity contribution in [2.24, 2.45) is 11.3 Å². The van der Waals surface area contributed by atoms with E-state index in [0.29, 0.717) is 33.8 Å². The van der Waals surface area contributed by atoms with Gasteiger partial charge in [-0.3, -0.25) is 14.2 Å². The highest BCUT2D eigenvalue weighted by Gasteiger charge is 2.66. The maximum Gasteiger partial charge on any atom is 0.275 e. The third-order valence-electron chi connectivity index (χ3n) is 6.42. The standard InChI is InChI=1S/C21H18F2N2O4S.C7H10.C2H6.CH3Cl/c1-28-17-6-12(25-11-24-14-4-5-30-18(14)19(25)27)2-3-16(17)29-10-20(13-7-15(13)26)8-21(22,23)9-20;1-4-5-6-7(2)3;2*1-2/h2-6,11,13H,7-10H2,1H3;4-6H,1-2H2,3H3;1-2H3;1H3/b;6-5-;;. The number of fused-ring (bicyclic) bond motifs is 1. The van der Waals surface area contributed by atoms with Crippen LogP contribution in [0.2, 0.25) is 0 Å². The van der Waals surface area contributed by atoms with Gasteiger partial charge in [-0.1, -0.05) is 50.8 Å². The van der Waals surface area contributed by atoms with Crippen molar-refractivity contribution >= 4 is 38.9 Å². The van der Waals surface area contributed by atoms with Crippen LogP contribution in [0.25, 0.3) is 15.9 Å².